The van der Waals surface area contributed by atoms with Gasteiger partial charge in [0.25, 0.3) is 0 Å². The molecule has 2 aliphatic rings. The molecule has 20 heavy (non-hydrogen) atoms. The van der Waals surface area contributed by atoms with Crippen molar-refractivity contribution >= 4 is 23.6 Å². The molecule has 2 amide bonds. The lowest BCUT2D eigenvalue weighted by atomic mass is 9.87. The molecule has 6 heteroatoms. The first kappa shape index (κ1) is 15.6. The van der Waals surface area contributed by atoms with Crippen molar-refractivity contribution in [2.75, 3.05) is 0 Å². The van der Waals surface area contributed by atoms with E-state index in [9.17, 15) is 9.59 Å². The van der Waals surface area contributed by atoms with Crippen LogP contribution in [0.1, 0.15) is 40.0 Å². The van der Waals surface area contributed by atoms with E-state index in [1.165, 1.54) is 0 Å². The number of hydrogen-bond acceptors (Lipinski definition) is 4. The molecule has 0 saturated carbocycles. The summed E-state index contributed by atoms with van der Waals surface area (Å²) in [5, 5.41) is 3.07. The molecule has 0 spiro atoms. The van der Waals surface area contributed by atoms with Crippen LogP contribution in [-0.4, -0.2) is 34.6 Å². The number of thioether (sulfide) groups is 1. The molecule has 5 nitrogen and oxygen atoms in total. The lowest BCUT2D eigenvalue weighted by molar-refractivity contribution is -0.132. The van der Waals surface area contributed by atoms with Crippen molar-refractivity contribution in [2.45, 2.75) is 62.9 Å². The summed E-state index contributed by atoms with van der Waals surface area (Å²) in [4.78, 5) is 23.9. The number of amides is 2. The highest BCUT2D eigenvalue weighted by Crippen LogP contribution is 2.43. The summed E-state index contributed by atoms with van der Waals surface area (Å²) < 4.78 is 5.57. The number of rotatable bonds is 4. The Morgan fingerprint density at radius 1 is 1.35 bits per heavy atom. The Bertz CT molecular complexity index is 391. The Morgan fingerprint density at radius 2 is 2.05 bits per heavy atom. The van der Waals surface area contributed by atoms with Gasteiger partial charge in [-0.2, -0.15) is 0 Å². The van der Waals surface area contributed by atoms with Crippen LogP contribution in [-0.2, 0) is 14.3 Å². The van der Waals surface area contributed by atoms with Crippen LogP contribution in [0.15, 0.2) is 0 Å². The van der Waals surface area contributed by atoms with Crippen LogP contribution >= 0.6 is 11.8 Å². The molecular weight excluding hydrogens is 276 g/mol. The lowest BCUT2D eigenvalue weighted by Crippen LogP contribution is -2.46. The molecule has 2 aliphatic heterocycles. The smallest absolute Gasteiger partial charge is 0.250 e. The molecule has 6 atom stereocenters. The minimum Gasteiger partial charge on any atom is -0.369 e. The normalized spacial score (nSPS) is 40.8. The fourth-order valence-electron chi connectivity index (χ4n) is 3.23. The molecule has 2 rings (SSSR count). The van der Waals surface area contributed by atoms with Gasteiger partial charge in [0.05, 0.1) is 17.4 Å². The summed E-state index contributed by atoms with van der Waals surface area (Å²) in [6.45, 7) is 6.12. The topological polar surface area (TPSA) is 81.4 Å². The fraction of sp³-hybridized carbons (Fsp3) is 0.857. The number of carbonyl (C=O) groups is 2. The minimum atomic E-state index is -0.380. The zero-order chi connectivity index (χ0) is 14.9. The molecule has 0 aromatic rings. The molecule has 2 fully saturated rings. The van der Waals surface area contributed by atoms with Crippen LogP contribution in [0.25, 0.3) is 0 Å². The zero-order valence-electron chi connectivity index (χ0n) is 12.3. The molecule has 0 aromatic heterocycles. The fourth-order valence-corrected chi connectivity index (χ4v) is 4.95. The van der Waals surface area contributed by atoms with Crippen LogP contribution in [0.4, 0.5) is 0 Å². The van der Waals surface area contributed by atoms with Crippen molar-refractivity contribution in [3.05, 3.63) is 0 Å². The first-order valence-electron chi connectivity index (χ1n) is 7.34. The van der Waals surface area contributed by atoms with Gasteiger partial charge < -0.3 is 15.8 Å². The maximum absolute atomic E-state index is 12.2. The highest BCUT2D eigenvalue weighted by molar-refractivity contribution is 8.00. The van der Waals surface area contributed by atoms with E-state index in [-0.39, 0.29) is 41.2 Å². The Kier molecular flexibility index (Phi) is 4.96. The van der Waals surface area contributed by atoms with Gasteiger partial charge in [-0.3, -0.25) is 9.59 Å². The van der Waals surface area contributed by atoms with E-state index >= 15 is 0 Å². The molecule has 2 saturated heterocycles. The Labute approximate surface area is 124 Å². The third-order valence-corrected chi connectivity index (χ3v) is 5.84. The lowest BCUT2D eigenvalue weighted by Gasteiger charge is -2.22. The van der Waals surface area contributed by atoms with Crippen molar-refractivity contribution < 1.29 is 14.3 Å². The zero-order valence-corrected chi connectivity index (χ0v) is 13.1. The van der Waals surface area contributed by atoms with E-state index in [1.807, 2.05) is 6.92 Å². The summed E-state index contributed by atoms with van der Waals surface area (Å²) >= 11 is 1.63. The van der Waals surface area contributed by atoms with Gasteiger partial charge in [0.15, 0.2) is 0 Å². The first-order chi connectivity index (χ1) is 9.43. The van der Waals surface area contributed by atoms with Crippen molar-refractivity contribution in [1.29, 1.82) is 0 Å². The molecule has 2 heterocycles. The maximum atomic E-state index is 12.2. The third kappa shape index (κ3) is 3.11. The summed E-state index contributed by atoms with van der Waals surface area (Å²) in [6, 6.07) is 0. The predicted octanol–water partition coefficient (Wildman–Crippen LogP) is 1.26. The standard InChI is InChI=1S/C14H24N2O3S/c1-4-9-8(3)20-14(11(9)12(15)17)16-13(18)10-6-5-7(2)19-10/h7-11,14H,4-6H2,1-3H3,(H2,15,17)(H,16,18). The van der Waals surface area contributed by atoms with Gasteiger partial charge in [-0.05, 0) is 25.7 Å². The SMILES string of the molecule is CCC1C(C)SC(NC(=O)C2CCC(C)O2)C1C(N)=O. The first-order valence-corrected chi connectivity index (χ1v) is 8.29. The maximum Gasteiger partial charge on any atom is 0.250 e. The Balaban J connectivity index is 2.00. The largest absolute Gasteiger partial charge is 0.369 e. The summed E-state index contributed by atoms with van der Waals surface area (Å²) in [5.41, 5.74) is 5.53. The number of primary amides is 1. The average molecular weight is 300 g/mol. The van der Waals surface area contributed by atoms with Crippen molar-refractivity contribution in [3.63, 3.8) is 0 Å². The number of hydrogen-bond donors (Lipinski definition) is 2. The van der Waals surface area contributed by atoms with Gasteiger partial charge in [-0.25, -0.2) is 0 Å². The van der Waals surface area contributed by atoms with E-state index in [0.717, 1.165) is 19.3 Å². The molecule has 0 bridgehead atoms. The van der Waals surface area contributed by atoms with E-state index < -0.39 is 0 Å². The highest BCUT2D eigenvalue weighted by Gasteiger charge is 2.45. The van der Waals surface area contributed by atoms with Crippen molar-refractivity contribution in [1.82, 2.24) is 5.32 Å². The van der Waals surface area contributed by atoms with E-state index in [1.54, 1.807) is 11.8 Å². The molecule has 0 radical (unpaired) electrons. The molecule has 114 valence electrons. The molecular formula is C14H24N2O3S. The average Bonchev–Trinajstić information content (AvgIpc) is 2.92. The monoisotopic (exact) mass is 300 g/mol. The van der Waals surface area contributed by atoms with E-state index in [4.69, 9.17) is 10.5 Å². The number of nitrogens with two attached hydrogens (primary N) is 1. The third-order valence-electron chi connectivity index (χ3n) is 4.36. The van der Waals surface area contributed by atoms with Crippen LogP contribution in [0.3, 0.4) is 0 Å². The van der Waals surface area contributed by atoms with Crippen LogP contribution in [0, 0.1) is 11.8 Å². The number of ether oxygens (including phenoxy) is 1. The predicted molar refractivity (Wildman–Crippen MR) is 79.0 cm³/mol. The number of carbonyl (C=O) groups excluding carboxylic acids is 2. The molecule has 0 aliphatic carbocycles. The second-order valence-electron chi connectivity index (χ2n) is 5.78. The van der Waals surface area contributed by atoms with Crippen molar-refractivity contribution in [3.8, 4) is 0 Å². The van der Waals surface area contributed by atoms with Crippen LogP contribution in [0.2, 0.25) is 0 Å². The van der Waals surface area contributed by atoms with Gasteiger partial charge in [-0.1, -0.05) is 20.3 Å². The Morgan fingerprint density at radius 3 is 2.55 bits per heavy atom. The van der Waals surface area contributed by atoms with Gasteiger partial charge in [0.1, 0.15) is 6.10 Å². The summed E-state index contributed by atoms with van der Waals surface area (Å²) in [5.74, 6) is -0.490. The van der Waals surface area contributed by atoms with Crippen LogP contribution < -0.4 is 11.1 Å². The minimum absolute atomic E-state index is 0.109. The second kappa shape index (κ2) is 6.35. The highest BCUT2D eigenvalue weighted by atomic mass is 32.2. The molecule has 0 aromatic carbocycles. The quantitative estimate of drug-likeness (QED) is 0.819. The van der Waals surface area contributed by atoms with Crippen LogP contribution in [0.5, 0.6) is 0 Å². The number of nitrogens with one attached hydrogen (secondary N) is 1. The van der Waals surface area contributed by atoms with Gasteiger partial charge in [0, 0.05) is 5.25 Å². The van der Waals surface area contributed by atoms with E-state index in [2.05, 4.69) is 19.2 Å². The second-order valence-corrected chi connectivity index (χ2v) is 7.31. The van der Waals surface area contributed by atoms with Gasteiger partial charge in [-0.15, -0.1) is 11.8 Å². The molecule has 6 unspecified atom stereocenters. The van der Waals surface area contributed by atoms with E-state index in [0.29, 0.717) is 5.25 Å². The van der Waals surface area contributed by atoms with Gasteiger partial charge in [0.2, 0.25) is 11.8 Å². The van der Waals surface area contributed by atoms with Crippen molar-refractivity contribution in [2.24, 2.45) is 17.6 Å². The van der Waals surface area contributed by atoms with Gasteiger partial charge >= 0.3 is 0 Å². The molecule has 3 N–H and O–H groups in total. The Hall–Kier alpha value is -0.750. The summed E-state index contributed by atoms with van der Waals surface area (Å²) in [6.07, 6.45) is 2.30. The summed E-state index contributed by atoms with van der Waals surface area (Å²) in [7, 11) is 0.